The van der Waals surface area contributed by atoms with Crippen LogP contribution in [0, 0.1) is 0 Å². The van der Waals surface area contributed by atoms with Crippen LogP contribution in [-0.2, 0) is 4.79 Å². The molecule has 0 aliphatic carbocycles. The number of carbonyl (C=O) groups is 3. The second-order valence-electron chi connectivity index (χ2n) is 6.46. The van der Waals surface area contributed by atoms with E-state index in [0.717, 1.165) is 18.8 Å². The first-order valence-electron chi connectivity index (χ1n) is 9.05. The van der Waals surface area contributed by atoms with Gasteiger partial charge in [-0.15, -0.1) is 0 Å². The number of primary amides is 1. The largest absolute Gasteiger partial charge is 0.368 e. The van der Waals surface area contributed by atoms with Crippen molar-refractivity contribution in [2.45, 2.75) is 0 Å². The summed E-state index contributed by atoms with van der Waals surface area (Å²) in [5.41, 5.74) is 7.21. The van der Waals surface area contributed by atoms with Crippen LogP contribution in [0.4, 0.5) is 16.2 Å². The maximum absolute atomic E-state index is 12.3. The number of para-hydroxylation sites is 1. The molecule has 1 aliphatic heterocycles. The molecule has 146 valence electrons. The minimum Gasteiger partial charge on any atom is -0.368 e. The summed E-state index contributed by atoms with van der Waals surface area (Å²) >= 11 is 0. The van der Waals surface area contributed by atoms with E-state index in [0.29, 0.717) is 24.3 Å². The van der Waals surface area contributed by atoms with Crippen LogP contribution >= 0.6 is 0 Å². The quantitative estimate of drug-likeness (QED) is 0.724. The smallest absolute Gasteiger partial charge is 0.317 e. The highest BCUT2D eigenvalue weighted by Gasteiger charge is 2.21. The van der Waals surface area contributed by atoms with E-state index < -0.39 is 5.91 Å². The summed E-state index contributed by atoms with van der Waals surface area (Å²) in [5.74, 6) is -0.874. The van der Waals surface area contributed by atoms with Crippen LogP contribution in [0.1, 0.15) is 10.4 Å². The summed E-state index contributed by atoms with van der Waals surface area (Å²) < 4.78 is 0. The number of nitrogens with one attached hydrogen (secondary N) is 2. The van der Waals surface area contributed by atoms with E-state index in [9.17, 15) is 14.4 Å². The van der Waals surface area contributed by atoms with Crippen molar-refractivity contribution in [3.63, 3.8) is 0 Å². The number of amides is 4. The zero-order chi connectivity index (χ0) is 19.9. The topological polar surface area (TPSA) is 108 Å². The van der Waals surface area contributed by atoms with E-state index in [2.05, 4.69) is 27.7 Å². The highest BCUT2D eigenvalue weighted by Crippen LogP contribution is 2.15. The molecule has 2 aromatic carbocycles. The number of rotatable bonds is 5. The lowest BCUT2D eigenvalue weighted by atomic mass is 10.2. The minimum absolute atomic E-state index is 0.130. The Bertz CT molecular complexity index is 831. The third-order valence-electron chi connectivity index (χ3n) is 4.54. The van der Waals surface area contributed by atoms with Crippen LogP contribution in [0.5, 0.6) is 0 Å². The lowest BCUT2D eigenvalue weighted by Crippen LogP contribution is -2.52. The molecule has 0 aromatic heterocycles. The van der Waals surface area contributed by atoms with Crippen LogP contribution in [0.3, 0.4) is 0 Å². The Balaban J connectivity index is 1.41. The van der Waals surface area contributed by atoms with E-state index >= 15 is 0 Å². The summed E-state index contributed by atoms with van der Waals surface area (Å²) in [6.07, 6.45) is 0. The van der Waals surface area contributed by atoms with E-state index in [1.54, 1.807) is 17.0 Å². The number of carbonyl (C=O) groups excluding carboxylic acids is 3. The number of nitrogens with zero attached hydrogens (tertiary/aromatic N) is 2. The second kappa shape index (κ2) is 8.90. The average molecular weight is 381 g/mol. The number of urea groups is 1. The Hall–Kier alpha value is -3.55. The number of hydrogen-bond donors (Lipinski definition) is 3. The van der Waals surface area contributed by atoms with Gasteiger partial charge < -0.3 is 26.2 Å². The van der Waals surface area contributed by atoms with Crippen LogP contribution < -0.4 is 21.3 Å². The van der Waals surface area contributed by atoms with E-state index in [-0.39, 0.29) is 18.5 Å². The van der Waals surface area contributed by atoms with Gasteiger partial charge in [-0.25, -0.2) is 4.79 Å². The standard InChI is InChI=1S/C20H23N5O3/c21-19(27)15-6-8-16(9-7-15)23-18(26)14-22-20(28)25-12-10-24(11-13-25)17-4-2-1-3-5-17/h1-9H,10-14H2,(H2,21,27)(H,22,28)(H,23,26). The SMILES string of the molecule is NC(=O)c1ccc(NC(=O)CNC(=O)N2CCN(c3ccccc3)CC2)cc1. The molecule has 4 amide bonds. The van der Waals surface area contributed by atoms with Gasteiger partial charge in [0.2, 0.25) is 11.8 Å². The molecule has 0 radical (unpaired) electrons. The number of benzene rings is 2. The van der Waals surface area contributed by atoms with Crippen molar-refractivity contribution in [1.29, 1.82) is 0 Å². The number of nitrogens with two attached hydrogens (primary N) is 1. The van der Waals surface area contributed by atoms with Gasteiger partial charge in [0.15, 0.2) is 0 Å². The summed E-state index contributed by atoms with van der Waals surface area (Å²) in [6.45, 7) is 2.55. The molecular formula is C20H23N5O3. The van der Waals surface area contributed by atoms with E-state index in [1.807, 2.05) is 18.2 Å². The fourth-order valence-electron chi connectivity index (χ4n) is 3.00. The van der Waals surface area contributed by atoms with Crippen molar-refractivity contribution in [2.24, 2.45) is 5.73 Å². The molecule has 0 atom stereocenters. The number of piperazine rings is 1. The third-order valence-corrected chi connectivity index (χ3v) is 4.54. The third kappa shape index (κ3) is 5.00. The molecule has 1 heterocycles. The molecule has 8 nitrogen and oxygen atoms in total. The Morgan fingerprint density at radius 1 is 0.893 bits per heavy atom. The lowest BCUT2D eigenvalue weighted by Gasteiger charge is -2.36. The lowest BCUT2D eigenvalue weighted by molar-refractivity contribution is -0.115. The molecule has 2 aromatic rings. The van der Waals surface area contributed by atoms with E-state index in [1.165, 1.54) is 12.1 Å². The van der Waals surface area contributed by atoms with Crippen molar-refractivity contribution >= 4 is 29.2 Å². The van der Waals surface area contributed by atoms with Gasteiger partial charge in [0, 0.05) is 43.1 Å². The maximum Gasteiger partial charge on any atom is 0.317 e. The summed E-state index contributed by atoms with van der Waals surface area (Å²) in [4.78, 5) is 39.3. The summed E-state index contributed by atoms with van der Waals surface area (Å²) in [6, 6.07) is 16.0. The zero-order valence-electron chi connectivity index (χ0n) is 15.4. The molecule has 8 heteroatoms. The minimum atomic E-state index is -0.530. The average Bonchev–Trinajstić information content (AvgIpc) is 2.73. The molecule has 0 bridgehead atoms. The first-order valence-corrected chi connectivity index (χ1v) is 9.05. The van der Waals surface area contributed by atoms with Crippen molar-refractivity contribution in [3.8, 4) is 0 Å². The molecular weight excluding hydrogens is 358 g/mol. The molecule has 28 heavy (non-hydrogen) atoms. The molecule has 1 fully saturated rings. The molecule has 3 rings (SSSR count). The highest BCUT2D eigenvalue weighted by atomic mass is 16.2. The monoisotopic (exact) mass is 381 g/mol. The van der Waals surface area contributed by atoms with Gasteiger partial charge >= 0.3 is 6.03 Å². The Kier molecular flexibility index (Phi) is 6.11. The van der Waals surface area contributed by atoms with E-state index in [4.69, 9.17) is 5.73 Å². The number of anilines is 2. The molecule has 1 aliphatic rings. The van der Waals surface area contributed by atoms with Gasteiger partial charge in [-0.2, -0.15) is 0 Å². The zero-order valence-corrected chi connectivity index (χ0v) is 15.4. The molecule has 0 spiro atoms. The predicted molar refractivity (Wildman–Crippen MR) is 107 cm³/mol. The van der Waals surface area contributed by atoms with Gasteiger partial charge in [0.1, 0.15) is 0 Å². The second-order valence-corrected chi connectivity index (χ2v) is 6.46. The molecule has 4 N–H and O–H groups in total. The molecule has 1 saturated heterocycles. The maximum atomic E-state index is 12.3. The highest BCUT2D eigenvalue weighted by molar-refractivity contribution is 5.96. The first-order chi connectivity index (χ1) is 13.5. The van der Waals surface area contributed by atoms with Crippen molar-refractivity contribution in [3.05, 3.63) is 60.2 Å². The van der Waals surface area contributed by atoms with Crippen LogP contribution in [0.2, 0.25) is 0 Å². The first kappa shape index (κ1) is 19.2. The van der Waals surface area contributed by atoms with Crippen LogP contribution in [0.25, 0.3) is 0 Å². The Labute approximate surface area is 163 Å². The Morgan fingerprint density at radius 3 is 2.14 bits per heavy atom. The van der Waals surface area contributed by atoms with Gasteiger partial charge in [0.05, 0.1) is 6.54 Å². The van der Waals surface area contributed by atoms with Crippen LogP contribution in [-0.4, -0.2) is 55.5 Å². The number of hydrogen-bond acceptors (Lipinski definition) is 4. The Morgan fingerprint density at radius 2 is 1.54 bits per heavy atom. The van der Waals surface area contributed by atoms with Crippen molar-refractivity contribution < 1.29 is 14.4 Å². The normalized spacial score (nSPS) is 13.7. The fourth-order valence-corrected chi connectivity index (χ4v) is 3.00. The van der Waals surface area contributed by atoms with Crippen molar-refractivity contribution in [2.75, 3.05) is 42.9 Å². The van der Waals surface area contributed by atoms with Gasteiger partial charge in [-0.05, 0) is 36.4 Å². The van der Waals surface area contributed by atoms with Gasteiger partial charge in [-0.3, -0.25) is 9.59 Å². The summed E-state index contributed by atoms with van der Waals surface area (Å²) in [5, 5.41) is 5.30. The summed E-state index contributed by atoms with van der Waals surface area (Å²) in [7, 11) is 0. The van der Waals surface area contributed by atoms with Gasteiger partial charge in [0.25, 0.3) is 0 Å². The van der Waals surface area contributed by atoms with Crippen molar-refractivity contribution in [1.82, 2.24) is 10.2 Å². The van der Waals surface area contributed by atoms with Gasteiger partial charge in [-0.1, -0.05) is 18.2 Å². The van der Waals surface area contributed by atoms with Crippen LogP contribution in [0.15, 0.2) is 54.6 Å². The molecule has 0 saturated carbocycles. The fraction of sp³-hybridized carbons (Fsp3) is 0.250. The predicted octanol–water partition coefficient (Wildman–Crippen LogP) is 1.26. The molecule has 0 unspecified atom stereocenters.